The van der Waals surface area contributed by atoms with E-state index in [0.29, 0.717) is 11.5 Å². The molecule has 2 atom stereocenters. The van der Waals surface area contributed by atoms with Crippen molar-refractivity contribution in [3.63, 3.8) is 0 Å². The molecule has 1 aromatic carbocycles. The highest BCUT2D eigenvalue weighted by Crippen LogP contribution is 2.11. The average Bonchev–Trinajstić information content (AvgIpc) is 2.45. The molecular formula is C18H27NO5. The summed E-state index contributed by atoms with van der Waals surface area (Å²) in [5, 5.41) is 30.5. The molecular weight excluding hydrogens is 310 g/mol. The molecule has 1 aromatic rings. The van der Waals surface area contributed by atoms with E-state index in [1.165, 1.54) is 0 Å². The fourth-order valence-electron chi connectivity index (χ4n) is 2.48. The molecule has 0 spiro atoms. The molecule has 0 unspecified atom stereocenters. The number of carbonyl (C=O) groups excluding carboxylic acids is 1. The molecule has 6 heteroatoms. The van der Waals surface area contributed by atoms with E-state index in [4.69, 9.17) is 5.11 Å². The minimum absolute atomic E-state index is 0.0218. The van der Waals surface area contributed by atoms with Gasteiger partial charge in [0.25, 0.3) is 5.91 Å². The molecule has 0 aliphatic heterocycles. The van der Waals surface area contributed by atoms with Crippen molar-refractivity contribution in [1.82, 2.24) is 5.32 Å². The molecule has 0 bridgehead atoms. The number of aliphatic hydroxyl groups excluding tert-OH is 2. The molecule has 0 aromatic heterocycles. The maximum Gasteiger partial charge on any atom is 0.305 e. The topological polar surface area (TPSA) is 107 Å². The molecule has 1 rings (SSSR count). The highest BCUT2D eigenvalue weighted by atomic mass is 16.4. The lowest BCUT2D eigenvalue weighted by Gasteiger charge is -2.14. The van der Waals surface area contributed by atoms with E-state index < -0.39 is 24.6 Å². The summed E-state index contributed by atoms with van der Waals surface area (Å²) < 4.78 is 0. The highest BCUT2D eigenvalue weighted by molar-refractivity contribution is 5.94. The molecule has 0 heterocycles. The van der Waals surface area contributed by atoms with Crippen LogP contribution in [0, 0.1) is 5.92 Å². The van der Waals surface area contributed by atoms with E-state index in [2.05, 4.69) is 19.2 Å². The van der Waals surface area contributed by atoms with E-state index in [0.717, 1.165) is 12.0 Å². The smallest absolute Gasteiger partial charge is 0.305 e. The van der Waals surface area contributed by atoms with Gasteiger partial charge in [-0.2, -0.15) is 0 Å². The summed E-state index contributed by atoms with van der Waals surface area (Å²) in [5.74, 6) is -0.807. The van der Waals surface area contributed by atoms with E-state index in [-0.39, 0.29) is 25.3 Å². The van der Waals surface area contributed by atoms with Crippen molar-refractivity contribution in [3.8, 4) is 0 Å². The van der Waals surface area contributed by atoms with Crippen molar-refractivity contribution in [2.24, 2.45) is 5.92 Å². The number of hydrogen-bond donors (Lipinski definition) is 4. The van der Waals surface area contributed by atoms with Gasteiger partial charge < -0.3 is 20.6 Å². The summed E-state index contributed by atoms with van der Waals surface area (Å²) in [4.78, 5) is 22.6. The lowest BCUT2D eigenvalue weighted by atomic mass is 10.0. The van der Waals surface area contributed by atoms with Gasteiger partial charge in [-0.1, -0.05) is 26.0 Å². The SMILES string of the molecule is CC(C)Cc1cccc(C(=O)NCC[C@@H](O)C[C@@H](O)CC(=O)O)c1. The lowest BCUT2D eigenvalue weighted by molar-refractivity contribution is -0.139. The Morgan fingerprint density at radius 3 is 2.50 bits per heavy atom. The van der Waals surface area contributed by atoms with Crippen LogP contribution in [0.1, 0.15) is 49.0 Å². The molecule has 4 N–H and O–H groups in total. The van der Waals surface area contributed by atoms with Crippen molar-refractivity contribution >= 4 is 11.9 Å². The number of aliphatic carboxylic acids is 1. The summed E-state index contributed by atoms with van der Waals surface area (Å²) >= 11 is 0. The third-order valence-corrected chi connectivity index (χ3v) is 3.55. The van der Waals surface area contributed by atoms with E-state index >= 15 is 0 Å². The molecule has 0 saturated heterocycles. The monoisotopic (exact) mass is 337 g/mol. The van der Waals surface area contributed by atoms with Crippen LogP contribution in [0.2, 0.25) is 0 Å². The lowest BCUT2D eigenvalue weighted by Crippen LogP contribution is -2.29. The zero-order chi connectivity index (χ0) is 18.1. The number of carboxylic acids is 1. The molecule has 0 aliphatic rings. The standard InChI is InChI=1S/C18H27NO5/c1-12(2)8-13-4-3-5-14(9-13)18(24)19-7-6-15(20)10-16(21)11-17(22)23/h3-5,9,12,15-16,20-21H,6-8,10-11H2,1-2H3,(H,19,24)(H,22,23)/t15-,16-/m1/s1. The number of amides is 1. The summed E-state index contributed by atoms with van der Waals surface area (Å²) in [6.07, 6.45) is -1.19. The van der Waals surface area contributed by atoms with Gasteiger partial charge in [0.05, 0.1) is 18.6 Å². The van der Waals surface area contributed by atoms with Crippen LogP contribution in [0.4, 0.5) is 0 Å². The van der Waals surface area contributed by atoms with Crippen LogP contribution < -0.4 is 5.32 Å². The van der Waals surface area contributed by atoms with Crippen molar-refractivity contribution in [2.45, 2.75) is 51.7 Å². The normalized spacial score (nSPS) is 13.5. The molecule has 134 valence electrons. The van der Waals surface area contributed by atoms with Crippen molar-refractivity contribution in [2.75, 3.05) is 6.54 Å². The van der Waals surface area contributed by atoms with Gasteiger partial charge in [0, 0.05) is 12.1 Å². The summed E-state index contributed by atoms with van der Waals surface area (Å²) in [7, 11) is 0. The van der Waals surface area contributed by atoms with Crippen LogP contribution in [0.3, 0.4) is 0 Å². The van der Waals surface area contributed by atoms with Crippen LogP contribution in [0.15, 0.2) is 24.3 Å². The second-order valence-corrected chi connectivity index (χ2v) is 6.48. The summed E-state index contributed by atoms with van der Waals surface area (Å²) in [5.41, 5.74) is 1.68. The number of aliphatic hydroxyl groups is 2. The Morgan fingerprint density at radius 2 is 1.88 bits per heavy atom. The van der Waals surface area contributed by atoms with Crippen LogP contribution in [0.25, 0.3) is 0 Å². The van der Waals surface area contributed by atoms with Crippen molar-refractivity contribution < 1.29 is 24.9 Å². The van der Waals surface area contributed by atoms with Crippen LogP contribution in [-0.4, -0.2) is 45.9 Å². The predicted octanol–water partition coefficient (Wildman–Crippen LogP) is 1.59. The number of hydrogen-bond acceptors (Lipinski definition) is 4. The Morgan fingerprint density at radius 1 is 1.17 bits per heavy atom. The number of carbonyl (C=O) groups is 2. The predicted molar refractivity (Wildman–Crippen MR) is 90.8 cm³/mol. The Hall–Kier alpha value is -1.92. The number of rotatable bonds is 10. The molecule has 0 aliphatic carbocycles. The largest absolute Gasteiger partial charge is 0.481 e. The Bertz CT molecular complexity index is 544. The second kappa shape index (κ2) is 10.1. The van der Waals surface area contributed by atoms with Gasteiger partial charge in [-0.25, -0.2) is 0 Å². The maximum absolute atomic E-state index is 12.1. The van der Waals surface area contributed by atoms with Gasteiger partial charge in [0.2, 0.25) is 0 Å². The van der Waals surface area contributed by atoms with E-state index in [1.807, 2.05) is 18.2 Å². The second-order valence-electron chi connectivity index (χ2n) is 6.48. The van der Waals surface area contributed by atoms with E-state index in [1.54, 1.807) is 6.07 Å². The van der Waals surface area contributed by atoms with Crippen molar-refractivity contribution in [3.05, 3.63) is 35.4 Å². The first-order chi connectivity index (χ1) is 11.3. The molecule has 1 amide bonds. The van der Waals surface area contributed by atoms with Gasteiger partial charge in [0.15, 0.2) is 0 Å². The Labute approximate surface area is 142 Å². The van der Waals surface area contributed by atoms with Gasteiger partial charge >= 0.3 is 5.97 Å². The maximum atomic E-state index is 12.1. The quantitative estimate of drug-likeness (QED) is 0.519. The average molecular weight is 337 g/mol. The third kappa shape index (κ3) is 8.08. The van der Waals surface area contributed by atoms with Gasteiger partial charge in [-0.05, 0) is 42.9 Å². The van der Waals surface area contributed by atoms with Gasteiger partial charge in [-0.3, -0.25) is 9.59 Å². The van der Waals surface area contributed by atoms with Crippen molar-refractivity contribution in [1.29, 1.82) is 0 Å². The zero-order valence-corrected chi connectivity index (χ0v) is 14.2. The summed E-state index contributed by atoms with van der Waals surface area (Å²) in [6, 6.07) is 7.45. The Balaban J connectivity index is 2.39. The zero-order valence-electron chi connectivity index (χ0n) is 14.2. The number of carboxylic acid groups (broad SMARTS) is 1. The molecule has 0 fully saturated rings. The van der Waals surface area contributed by atoms with Crippen LogP contribution >= 0.6 is 0 Å². The molecule has 6 nitrogen and oxygen atoms in total. The number of nitrogens with one attached hydrogen (secondary N) is 1. The third-order valence-electron chi connectivity index (χ3n) is 3.55. The fraction of sp³-hybridized carbons (Fsp3) is 0.556. The number of benzene rings is 1. The first-order valence-electron chi connectivity index (χ1n) is 8.23. The van der Waals surface area contributed by atoms with Crippen LogP contribution in [0.5, 0.6) is 0 Å². The molecule has 0 saturated carbocycles. The molecule has 0 radical (unpaired) electrons. The van der Waals surface area contributed by atoms with Gasteiger partial charge in [0.1, 0.15) is 0 Å². The fourth-order valence-corrected chi connectivity index (χ4v) is 2.48. The first-order valence-corrected chi connectivity index (χ1v) is 8.23. The minimum Gasteiger partial charge on any atom is -0.481 e. The highest BCUT2D eigenvalue weighted by Gasteiger charge is 2.15. The minimum atomic E-state index is -1.11. The summed E-state index contributed by atoms with van der Waals surface area (Å²) in [6.45, 7) is 4.49. The van der Waals surface area contributed by atoms with Gasteiger partial charge in [-0.15, -0.1) is 0 Å². The molecule has 24 heavy (non-hydrogen) atoms. The van der Waals surface area contributed by atoms with Crippen LogP contribution in [-0.2, 0) is 11.2 Å². The van der Waals surface area contributed by atoms with E-state index in [9.17, 15) is 19.8 Å². The Kier molecular flexibility index (Phi) is 8.43. The first kappa shape index (κ1) is 20.1.